The van der Waals surface area contributed by atoms with E-state index in [-0.39, 0.29) is 41.5 Å². The van der Waals surface area contributed by atoms with Crippen LogP contribution in [0, 0.1) is 17.3 Å². The minimum absolute atomic E-state index is 0.143. The first-order chi connectivity index (χ1) is 30.8. The second kappa shape index (κ2) is 17.0. The number of imidazole rings is 2. The Hall–Kier alpha value is -6.32. The van der Waals surface area contributed by atoms with Crippen molar-refractivity contribution >= 4 is 51.9 Å². The van der Waals surface area contributed by atoms with Crippen LogP contribution in [-0.4, -0.2) is 104 Å². The summed E-state index contributed by atoms with van der Waals surface area (Å²) in [6.45, 7) is 8.68. The predicted octanol–water partition coefficient (Wildman–Crippen LogP) is 7.56. The average Bonchev–Trinajstić information content (AvgIpc) is 4.15. The molecule has 3 aromatic heterocycles. The van der Waals surface area contributed by atoms with E-state index in [9.17, 15) is 24.0 Å². The molecule has 2 aliphatic carbocycles. The summed E-state index contributed by atoms with van der Waals surface area (Å²) in [7, 11) is 2.57. The zero-order valence-corrected chi connectivity index (χ0v) is 37.4. The van der Waals surface area contributed by atoms with E-state index in [4.69, 9.17) is 24.4 Å². The third-order valence-corrected chi connectivity index (χ3v) is 14.0. The van der Waals surface area contributed by atoms with Gasteiger partial charge < -0.3 is 39.9 Å². The lowest BCUT2D eigenvalue weighted by molar-refractivity contribution is -0.136. The monoisotopic (exact) mass is 871 g/mol. The molecule has 0 radical (unpaired) electrons. The van der Waals surface area contributed by atoms with E-state index in [0.717, 1.165) is 95.8 Å². The molecule has 4 aliphatic rings. The number of nitrogens with one attached hydrogen (secondary N) is 4. The molecule has 16 heteroatoms. The average molecular weight is 872 g/mol. The van der Waals surface area contributed by atoms with Crippen molar-refractivity contribution in [3.8, 4) is 22.5 Å². The second-order valence-corrected chi connectivity index (χ2v) is 18.7. The molecule has 5 heterocycles. The normalized spacial score (nSPS) is 20.2. The highest BCUT2D eigenvalue weighted by molar-refractivity contribution is 6.10. The predicted molar refractivity (Wildman–Crippen MR) is 239 cm³/mol. The number of H-pyrrole nitrogens is 2. The lowest BCUT2D eigenvalue weighted by atomic mass is 9.82. The van der Waals surface area contributed by atoms with Crippen molar-refractivity contribution in [1.29, 1.82) is 0 Å². The zero-order valence-electron chi connectivity index (χ0n) is 37.4. The number of hydrogen-bond acceptors (Lipinski definition) is 10. The van der Waals surface area contributed by atoms with Gasteiger partial charge in [0.2, 0.25) is 11.8 Å². The van der Waals surface area contributed by atoms with Crippen molar-refractivity contribution in [2.24, 2.45) is 17.3 Å². The molecule has 4 amide bonds. The fourth-order valence-corrected chi connectivity index (χ4v) is 10.6. The standard InChI is InChI=1S/C48H57N9O7/c1-25(2)38(54-46(61)63-5)44(59)56-19-9-11-35(56)42-50-30-15-13-27(21-33(30)52-42)32-23-29-24-48(17-7-8-18-48)41(58)37(29)40(49-32)28-14-16-31-34(22-28)53-43(51-31)36-12-10-20-57(36)45(60)39(26(3)4)55-47(62)64-6/h13-16,21-23,25-26,35-36,38-39H,7-12,17-20,24H2,1-6H3,(H,50,52)(H,51,53)(H,54,61)(H,55,62)/t35-,36-,38-,39-/m0/s1. The number of pyridine rings is 1. The molecule has 336 valence electrons. The Labute approximate surface area is 371 Å². The number of Topliss-reactive ketones (excluding diaryl/α,β-unsaturated/α-hetero) is 1. The molecule has 2 aliphatic heterocycles. The summed E-state index contributed by atoms with van der Waals surface area (Å²) < 4.78 is 9.62. The Kier molecular flexibility index (Phi) is 11.4. The Morgan fingerprint density at radius 1 is 0.703 bits per heavy atom. The number of rotatable bonds is 10. The van der Waals surface area contributed by atoms with Gasteiger partial charge in [-0.2, -0.15) is 0 Å². The Morgan fingerprint density at radius 2 is 1.20 bits per heavy atom. The van der Waals surface area contributed by atoms with Crippen molar-refractivity contribution in [2.75, 3.05) is 27.3 Å². The van der Waals surface area contributed by atoms with Crippen LogP contribution in [0.2, 0.25) is 0 Å². The van der Waals surface area contributed by atoms with Crippen molar-refractivity contribution in [3.63, 3.8) is 0 Å². The maximum atomic E-state index is 14.5. The molecule has 3 fully saturated rings. The molecule has 2 aromatic carbocycles. The van der Waals surface area contributed by atoms with Gasteiger partial charge in [-0.25, -0.2) is 24.5 Å². The summed E-state index contributed by atoms with van der Waals surface area (Å²) in [6, 6.07) is 12.0. The van der Waals surface area contributed by atoms with Gasteiger partial charge in [0, 0.05) is 35.2 Å². The zero-order chi connectivity index (χ0) is 45.0. The number of nitrogens with zero attached hydrogens (tertiary/aromatic N) is 5. The minimum Gasteiger partial charge on any atom is -0.453 e. The number of likely N-dealkylation sites (tertiary alicyclic amines) is 2. The maximum absolute atomic E-state index is 14.5. The lowest BCUT2D eigenvalue weighted by Gasteiger charge is -2.29. The number of carbonyl (C=O) groups excluding carboxylic acids is 5. The molecule has 2 saturated heterocycles. The highest BCUT2D eigenvalue weighted by atomic mass is 16.5. The van der Waals surface area contributed by atoms with Gasteiger partial charge in [0.25, 0.3) is 0 Å². The summed E-state index contributed by atoms with van der Waals surface area (Å²) in [5.41, 5.74) is 7.39. The van der Waals surface area contributed by atoms with Gasteiger partial charge in [0.15, 0.2) is 5.78 Å². The van der Waals surface area contributed by atoms with Crippen molar-refractivity contribution < 1.29 is 33.4 Å². The topological polar surface area (TPSA) is 205 Å². The number of fused-ring (bicyclic) bond motifs is 3. The SMILES string of the molecule is COC(=O)N[C@H](C(=O)N1CCC[C@H]1c1nc2ccc(-c3cc4c(c(-c5ccc6nc([C@@H]7CCCN7C(=O)[C@@H](NC(=O)OC)C(C)C)[nH]c6c5)n3)C(=O)C3(CCCC3)C4)cc2[nH]1)C(C)C. The Morgan fingerprint density at radius 3 is 1.70 bits per heavy atom. The highest BCUT2D eigenvalue weighted by Gasteiger charge is 2.49. The summed E-state index contributed by atoms with van der Waals surface area (Å²) in [6.07, 6.45) is 6.23. The number of alkyl carbamates (subject to hydrolysis) is 2. The molecular weight excluding hydrogens is 815 g/mol. The van der Waals surface area contributed by atoms with Crippen LogP contribution in [0.4, 0.5) is 9.59 Å². The molecule has 4 N–H and O–H groups in total. The lowest BCUT2D eigenvalue weighted by Crippen LogP contribution is -2.51. The highest BCUT2D eigenvalue weighted by Crippen LogP contribution is 2.51. The third kappa shape index (κ3) is 7.63. The molecule has 1 saturated carbocycles. The van der Waals surface area contributed by atoms with Crippen LogP contribution in [0.5, 0.6) is 0 Å². The minimum atomic E-state index is -0.740. The molecule has 5 aromatic rings. The van der Waals surface area contributed by atoms with Crippen LogP contribution < -0.4 is 10.6 Å². The Balaban J connectivity index is 1.04. The first-order valence-corrected chi connectivity index (χ1v) is 22.7. The smallest absolute Gasteiger partial charge is 0.407 e. The van der Waals surface area contributed by atoms with E-state index < -0.39 is 29.7 Å². The van der Waals surface area contributed by atoms with Gasteiger partial charge in [-0.1, -0.05) is 52.7 Å². The van der Waals surface area contributed by atoms with Crippen LogP contribution in [0.15, 0.2) is 42.5 Å². The van der Waals surface area contributed by atoms with E-state index in [0.29, 0.717) is 42.4 Å². The Bertz CT molecular complexity index is 2660. The molecule has 64 heavy (non-hydrogen) atoms. The molecule has 0 unspecified atom stereocenters. The van der Waals surface area contributed by atoms with Crippen molar-refractivity contribution in [1.82, 2.24) is 45.4 Å². The number of amides is 4. The van der Waals surface area contributed by atoms with Gasteiger partial charge >= 0.3 is 12.2 Å². The van der Waals surface area contributed by atoms with Gasteiger partial charge in [-0.05, 0) is 92.7 Å². The number of aromatic amines is 2. The number of methoxy groups -OCH3 is 2. The molecule has 0 bridgehead atoms. The van der Waals surface area contributed by atoms with Crippen LogP contribution in [-0.2, 0) is 25.5 Å². The van der Waals surface area contributed by atoms with Gasteiger partial charge in [0.05, 0.1) is 59.8 Å². The van der Waals surface area contributed by atoms with Crippen LogP contribution in [0.25, 0.3) is 44.6 Å². The van der Waals surface area contributed by atoms with Gasteiger partial charge in [-0.3, -0.25) is 14.4 Å². The van der Waals surface area contributed by atoms with Gasteiger partial charge in [0.1, 0.15) is 23.7 Å². The van der Waals surface area contributed by atoms with Gasteiger partial charge in [-0.15, -0.1) is 0 Å². The fourth-order valence-electron chi connectivity index (χ4n) is 10.6. The quantitative estimate of drug-likeness (QED) is 0.108. The number of benzene rings is 2. The van der Waals surface area contributed by atoms with E-state index in [2.05, 4.69) is 26.7 Å². The largest absolute Gasteiger partial charge is 0.453 e. The number of ether oxygens (including phenoxy) is 2. The number of ketones is 1. The summed E-state index contributed by atoms with van der Waals surface area (Å²) >= 11 is 0. The summed E-state index contributed by atoms with van der Waals surface area (Å²) in [5, 5.41) is 5.43. The maximum Gasteiger partial charge on any atom is 0.407 e. The van der Waals surface area contributed by atoms with E-state index in [1.54, 1.807) is 9.80 Å². The first kappa shape index (κ1) is 43.0. The first-order valence-electron chi connectivity index (χ1n) is 22.7. The number of carbonyl (C=O) groups is 5. The molecule has 1 spiro atoms. The van der Waals surface area contributed by atoms with E-state index >= 15 is 0 Å². The van der Waals surface area contributed by atoms with Crippen LogP contribution in [0.3, 0.4) is 0 Å². The fraction of sp³-hybridized carbons (Fsp3) is 0.500. The molecule has 4 atom stereocenters. The van der Waals surface area contributed by atoms with Crippen LogP contribution >= 0.6 is 0 Å². The number of hydrogen-bond donors (Lipinski definition) is 4. The summed E-state index contributed by atoms with van der Waals surface area (Å²) in [5.74, 6) is 0.888. The van der Waals surface area contributed by atoms with E-state index in [1.165, 1.54) is 14.2 Å². The van der Waals surface area contributed by atoms with Crippen molar-refractivity contribution in [3.05, 3.63) is 65.2 Å². The molecular formula is C48H57N9O7. The summed E-state index contributed by atoms with van der Waals surface area (Å²) in [4.78, 5) is 92.3. The molecule has 16 nitrogen and oxygen atoms in total. The second-order valence-electron chi connectivity index (χ2n) is 18.7. The van der Waals surface area contributed by atoms with Crippen LogP contribution in [0.1, 0.15) is 119 Å². The van der Waals surface area contributed by atoms with E-state index in [1.807, 2.05) is 64.1 Å². The molecule has 9 rings (SSSR count). The van der Waals surface area contributed by atoms with Crippen molar-refractivity contribution in [2.45, 2.75) is 110 Å². The number of aromatic nitrogens is 5. The third-order valence-electron chi connectivity index (χ3n) is 14.0.